The summed E-state index contributed by atoms with van der Waals surface area (Å²) >= 11 is 0. The molecule has 1 aliphatic rings. The van der Waals surface area contributed by atoms with Gasteiger partial charge in [-0.1, -0.05) is 25.6 Å². The molecule has 0 radical (unpaired) electrons. The lowest BCUT2D eigenvalue weighted by Gasteiger charge is -2.16. The minimum Gasteiger partial charge on any atom is -0.357 e. The van der Waals surface area contributed by atoms with Gasteiger partial charge in [0.2, 0.25) is 0 Å². The molecule has 17 heavy (non-hydrogen) atoms. The first-order valence-electron chi connectivity index (χ1n) is 6.18. The molecule has 1 saturated carbocycles. The molecule has 1 fully saturated rings. The Bertz CT molecular complexity index is 444. The second kappa shape index (κ2) is 4.54. The van der Waals surface area contributed by atoms with Crippen molar-refractivity contribution >= 4 is 13.9 Å². The van der Waals surface area contributed by atoms with E-state index in [2.05, 4.69) is 60.2 Å². The third-order valence-corrected chi connectivity index (χ3v) is 3.66. The number of hydrogen-bond donors (Lipinski definition) is 0. The van der Waals surface area contributed by atoms with Gasteiger partial charge in [-0.3, -0.25) is 0 Å². The summed E-state index contributed by atoms with van der Waals surface area (Å²) < 4.78 is 0. The van der Waals surface area contributed by atoms with Crippen molar-refractivity contribution in [2.75, 3.05) is 11.9 Å². The Kier molecular flexibility index (Phi) is 3.25. The van der Waals surface area contributed by atoms with Crippen LogP contribution in [0.25, 0.3) is 0 Å². The summed E-state index contributed by atoms with van der Waals surface area (Å²) in [6.45, 7) is 6.76. The summed E-state index contributed by atoms with van der Waals surface area (Å²) in [5, 5.41) is 0. The first-order valence-corrected chi connectivity index (χ1v) is 9.68. The third kappa shape index (κ3) is 3.60. The van der Waals surface area contributed by atoms with Gasteiger partial charge in [-0.25, -0.2) is 4.98 Å². The Hall–Kier alpha value is -1.27. The van der Waals surface area contributed by atoms with Crippen LogP contribution >= 0.6 is 0 Å². The van der Waals surface area contributed by atoms with Crippen molar-refractivity contribution in [3.63, 3.8) is 0 Å². The van der Waals surface area contributed by atoms with Crippen molar-refractivity contribution in [1.82, 2.24) is 4.98 Å². The van der Waals surface area contributed by atoms with Crippen molar-refractivity contribution in [2.24, 2.45) is 0 Å². The molecule has 0 atom stereocenters. The number of anilines is 1. The zero-order chi connectivity index (χ0) is 12.5. The normalized spacial score (nSPS) is 15.1. The quantitative estimate of drug-likeness (QED) is 0.587. The lowest BCUT2D eigenvalue weighted by molar-refractivity contribution is 0.892. The van der Waals surface area contributed by atoms with Crippen molar-refractivity contribution in [1.29, 1.82) is 0 Å². The van der Waals surface area contributed by atoms with Crippen molar-refractivity contribution in [2.45, 2.75) is 38.5 Å². The lowest BCUT2D eigenvalue weighted by Crippen LogP contribution is -2.20. The van der Waals surface area contributed by atoms with E-state index in [1.807, 2.05) is 6.20 Å². The molecule has 0 saturated heterocycles. The van der Waals surface area contributed by atoms with Crippen LogP contribution in [0.3, 0.4) is 0 Å². The van der Waals surface area contributed by atoms with Gasteiger partial charge in [0.15, 0.2) is 0 Å². The Morgan fingerprint density at radius 1 is 1.29 bits per heavy atom. The zero-order valence-corrected chi connectivity index (χ0v) is 12.1. The predicted molar refractivity (Wildman–Crippen MR) is 75.9 cm³/mol. The highest BCUT2D eigenvalue weighted by atomic mass is 28.3. The highest BCUT2D eigenvalue weighted by molar-refractivity contribution is 6.83. The maximum Gasteiger partial charge on any atom is 0.129 e. The van der Waals surface area contributed by atoms with Crippen molar-refractivity contribution in [3.05, 3.63) is 23.9 Å². The van der Waals surface area contributed by atoms with Crippen molar-refractivity contribution in [3.8, 4) is 11.5 Å². The van der Waals surface area contributed by atoms with E-state index in [-0.39, 0.29) is 0 Å². The number of hydrogen-bond acceptors (Lipinski definition) is 2. The van der Waals surface area contributed by atoms with Gasteiger partial charge in [0, 0.05) is 24.8 Å². The van der Waals surface area contributed by atoms with Gasteiger partial charge in [-0.2, -0.15) is 0 Å². The van der Waals surface area contributed by atoms with Gasteiger partial charge in [0.25, 0.3) is 0 Å². The molecule has 2 nitrogen and oxygen atoms in total. The number of nitrogens with zero attached hydrogens (tertiary/aromatic N) is 2. The SMILES string of the molecule is CN(c1ccc(C#C[Si](C)(C)C)cn1)C1CC1. The van der Waals surface area contributed by atoms with E-state index in [9.17, 15) is 0 Å². The average Bonchev–Trinajstić information content (AvgIpc) is 3.09. The van der Waals surface area contributed by atoms with Gasteiger partial charge < -0.3 is 4.90 Å². The van der Waals surface area contributed by atoms with E-state index in [1.165, 1.54) is 12.8 Å². The van der Waals surface area contributed by atoms with Crippen LogP contribution in [0.15, 0.2) is 18.3 Å². The zero-order valence-electron chi connectivity index (χ0n) is 11.1. The van der Waals surface area contributed by atoms with E-state index in [1.54, 1.807) is 0 Å². The summed E-state index contributed by atoms with van der Waals surface area (Å²) in [5.74, 6) is 4.29. The smallest absolute Gasteiger partial charge is 0.129 e. The predicted octanol–water partition coefficient (Wildman–Crippen LogP) is 2.91. The third-order valence-electron chi connectivity index (χ3n) is 2.79. The van der Waals surface area contributed by atoms with Crippen LogP contribution in [0, 0.1) is 11.5 Å². The standard InChI is InChI=1S/C14H20N2Si/c1-16(13-6-7-13)14-8-5-12(11-15-14)9-10-17(2,3)4/h5,8,11,13H,6-7H2,1-4H3. The Labute approximate surface area is 105 Å². The lowest BCUT2D eigenvalue weighted by atomic mass is 10.3. The number of aromatic nitrogens is 1. The van der Waals surface area contributed by atoms with Gasteiger partial charge in [-0.15, -0.1) is 5.54 Å². The maximum absolute atomic E-state index is 4.48. The summed E-state index contributed by atoms with van der Waals surface area (Å²) in [6.07, 6.45) is 4.49. The molecule has 1 aromatic heterocycles. The van der Waals surface area contributed by atoms with Crippen LogP contribution in [0.4, 0.5) is 5.82 Å². The first-order chi connectivity index (χ1) is 7.96. The highest BCUT2D eigenvalue weighted by Crippen LogP contribution is 2.28. The molecule has 0 N–H and O–H groups in total. The highest BCUT2D eigenvalue weighted by Gasteiger charge is 2.26. The average molecular weight is 244 g/mol. The molecule has 2 rings (SSSR count). The summed E-state index contributed by atoms with van der Waals surface area (Å²) in [7, 11) is 0.836. The van der Waals surface area contributed by atoms with Gasteiger partial charge in [0.05, 0.1) is 0 Å². The Morgan fingerprint density at radius 3 is 2.47 bits per heavy atom. The summed E-state index contributed by atoms with van der Waals surface area (Å²) in [5.41, 5.74) is 4.39. The first kappa shape index (κ1) is 12.2. The number of rotatable bonds is 2. The molecule has 1 aliphatic carbocycles. The minimum atomic E-state index is -1.28. The van der Waals surface area contributed by atoms with Crippen LogP contribution in [0.1, 0.15) is 18.4 Å². The van der Waals surface area contributed by atoms with Crippen LogP contribution in [-0.4, -0.2) is 26.1 Å². The fraction of sp³-hybridized carbons (Fsp3) is 0.500. The second-order valence-corrected chi connectivity index (χ2v) is 10.5. The molecular weight excluding hydrogens is 224 g/mol. The van der Waals surface area contributed by atoms with E-state index < -0.39 is 8.07 Å². The van der Waals surface area contributed by atoms with Gasteiger partial charge >= 0.3 is 0 Å². The van der Waals surface area contributed by atoms with E-state index in [0.717, 1.165) is 11.4 Å². The fourth-order valence-corrected chi connectivity index (χ4v) is 2.10. The minimum absolute atomic E-state index is 0.710. The molecule has 1 heterocycles. The molecule has 0 unspecified atom stereocenters. The number of pyridine rings is 1. The molecule has 0 aliphatic heterocycles. The molecule has 0 spiro atoms. The largest absolute Gasteiger partial charge is 0.357 e. The van der Waals surface area contributed by atoms with E-state index in [4.69, 9.17) is 0 Å². The summed E-state index contributed by atoms with van der Waals surface area (Å²) in [6, 6.07) is 4.86. The second-order valence-electron chi connectivity index (χ2n) is 5.75. The molecule has 0 bridgehead atoms. The van der Waals surface area contributed by atoms with Crippen LogP contribution < -0.4 is 4.90 Å². The van der Waals surface area contributed by atoms with Crippen molar-refractivity contribution < 1.29 is 0 Å². The summed E-state index contributed by atoms with van der Waals surface area (Å²) in [4.78, 5) is 6.74. The Balaban J connectivity index is 2.09. The van der Waals surface area contributed by atoms with Crippen LogP contribution in [0.2, 0.25) is 19.6 Å². The molecule has 0 aromatic carbocycles. The van der Waals surface area contributed by atoms with E-state index in [0.29, 0.717) is 6.04 Å². The maximum atomic E-state index is 4.48. The molecule has 3 heteroatoms. The molecular formula is C14H20N2Si. The van der Waals surface area contributed by atoms with E-state index >= 15 is 0 Å². The van der Waals surface area contributed by atoms with Crippen LogP contribution in [0.5, 0.6) is 0 Å². The molecule has 1 aromatic rings. The topological polar surface area (TPSA) is 16.1 Å². The Morgan fingerprint density at radius 2 is 2.00 bits per heavy atom. The molecule has 0 amide bonds. The van der Waals surface area contributed by atoms with Gasteiger partial charge in [0.1, 0.15) is 13.9 Å². The van der Waals surface area contributed by atoms with Crippen LogP contribution in [-0.2, 0) is 0 Å². The molecule has 90 valence electrons. The monoisotopic (exact) mass is 244 g/mol. The fourth-order valence-electron chi connectivity index (χ4n) is 1.58. The van der Waals surface area contributed by atoms with Gasteiger partial charge in [-0.05, 0) is 25.0 Å².